The summed E-state index contributed by atoms with van der Waals surface area (Å²) in [6, 6.07) is 8.26. The molecule has 1 heterocycles. The lowest BCUT2D eigenvalue weighted by Gasteiger charge is -2.06. The summed E-state index contributed by atoms with van der Waals surface area (Å²) in [7, 11) is 1.32. The highest BCUT2D eigenvalue weighted by Crippen LogP contribution is 2.38. The van der Waals surface area contributed by atoms with E-state index in [9.17, 15) is 9.59 Å². The first-order valence-electron chi connectivity index (χ1n) is 7.45. The molecule has 3 rings (SSSR count). The van der Waals surface area contributed by atoms with Gasteiger partial charge in [-0.25, -0.2) is 14.8 Å². The first-order chi connectivity index (χ1) is 11.2. The maximum atomic E-state index is 12.1. The van der Waals surface area contributed by atoms with Crippen LogP contribution in [-0.2, 0) is 11.3 Å². The molecule has 6 heteroatoms. The first-order valence-corrected chi connectivity index (χ1v) is 7.45. The molecule has 1 amide bonds. The lowest BCUT2D eigenvalue weighted by molar-refractivity contribution is 0.0600. The third kappa shape index (κ3) is 3.71. The molecule has 6 nitrogen and oxygen atoms in total. The summed E-state index contributed by atoms with van der Waals surface area (Å²) in [6.07, 6.45) is 3.89. The first kappa shape index (κ1) is 15.1. The topological polar surface area (TPSA) is 81.2 Å². The van der Waals surface area contributed by atoms with Crippen LogP contribution in [0, 0.1) is 0 Å². The Balaban J connectivity index is 1.60. The number of carbonyl (C=O) groups is 2. The molecule has 0 bridgehead atoms. The second-order valence-electron chi connectivity index (χ2n) is 5.46. The van der Waals surface area contributed by atoms with Crippen molar-refractivity contribution in [3.05, 3.63) is 59.2 Å². The summed E-state index contributed by atoms with van der Waals surface area (Å²) in [5.74, 6) is -0.0862. The fraction of sp³-hybridized carbons (Fsp3) is 0.294. The average molecular weight is 311 g/mol. The van der Waals surface area contributed by atoms with E-state index in [0.29, 0.717) is 23.6 Å². The van der Waals surface area contributed by atoms with Crippen molar-refractivity contribution in [3.63, 3.8) is 0 Å². The Labute approximate surface area is 133 Å². The van der Waals surface area contributed by atoms with Crippen molar-refractivity contribution >= 4 is 11.9 Å². The fourth-order valence-corrected chi connectivity index (χ4v) is 2.26. The van der Waals surface area contributed by atoms with E-state index in [1.54, 1.807) is 30.6 Å². The Bertz CT molecular complexity index is 724. The van der Waals surface area contributed by atoms with Crippen LogP contribution in [-0.4, -0.2) is 29.0 Å². The third-order valence-corrected chi connectivity index (χ3v) is 3.74. The van der Waals surface area contributed by atoms with E-state index >= 15 is 0 Å². The van der Waals surface area contributed by atoms with Gasteiger partial charge in [-0.2, -0.15) is 0 Å². The smallest absolute Gasteiger partial charge is 0.337 e. The molecule has 0 aliphatic heterocycles. The molecular weight excluding hydrogens is 294 g/mol. The molecule has 1 aromatic carbocycles. The molecule has 1 saturated carbocycles. The molecule has 118 valence electrons. The van der Waals surface area contributed by atoms with Crippen molar-refractivity contribution in [2.45, 2.75) is 25.3 Å². The highest BCUT2D eigenvalue weighted by atomic mass is 16.5. The van der Waals surface area contributed by atoms with Gasteiger partial charge in [0, 0.05) is 17.2 Å². The van der Waals surface area contributed by atoms with Crippen molar-refractivity contribution in [1.82, 2.24) is 15.3 Å². The predicted molar refractivity (Wildman–Crippen MR) is 83.0 cm³/mol. The molecule has 1 aromatic heterocycles. The van der Waals surface area contributed by atoms with E-state index in [1.807, 2.05) is 6.07 Å². The van der Waals surface area contributed by atoms with Gasteiger partial charge < -0.3 is 10.1 Å². The van der Waals surface area contributed by atoms with Crippen molar-refractivity contribution in [2.24, 2.45) is 0 Å². The summed E-state index contributed by atoms with van der Waals surface area (Å²) >= 11 is 0. The van der Waals surface area contributed by atoms with Crippen LogP contribution in [0.15, 0.2) is 36.7 Å². The van der Waals surface area contributed by atoms with Gasteiger partial charge in [0.2, 0.25) is 0 Å². The van der Waals surface area contributed by atoms with E-state index in [4.69, 9.17) is 0 Å². The van der Waals surface area contributed by atoms with Gasteiger partial charge in [-0.1, -0.05) is 0 Å². The number of benzene rings is 1. The van der Waals surface area contributed by atoms with Crippen molar-refractivity contribution in [2.75, 3.05) is 7.11 Å². The maximum absolute atomic E-state index is 12.1. The van der Waals surface area contributed by atoms with Crippen molar-refractivity contribution in [3.8, 4) is 0 Å². The predicted octanol–water partition coefficient (Wildman–Crippen LogP) is 2.07. The monoisotopic (exact) mass is 311 g/mol. The Morgan fingerprint density at radius 2 is 1.87 bits per heavy atom. The summed E-state index contributed by atoms with van der Waals surface area (Å²) in [4.78, 5) is 31.9. The van der Waals surface area contributed by atoms with Gasteiger partial charge in [0.15, 0.2) is 0 Å². The Morgan fingerprint density at radius 3 is 2.52 bits per heavy atom. The van der Waals surface area contributed by atoms with Gasteiger partial charge in [0.05, 0.1) is 24.9 Å². The number of amides is 1. The number of esters is 1. The van der Waals surface area contributed by atoms with Gasteiger partial charge in [-0.15, -0.1) is 0 Å². The maximum Gasteiger partial charge on any atom is 0.337 e. The van der Waals surface area contributed by atoms with Crippen LogP contribution >= 0.6 is 0 Å². The third-order valence-electron chi connectivity index (χ3n) is 3.74. The van der Waals surface area contributed by atoms with Crippen LogP contribution in [0.2, 0.25) is 0 Å². The fourth-order valence-electron chi connectivity index (χ4n) is 2.26. The zero-order valence-corrected chi connectivity index (χ0v) is 12.8. The molecule has 1 N–H and O–H groups in total. The van der Waals surface area contributed by atoms with E-state index in [2.05, 4.69) is 20.0 Å². The molecule has 1 fully saturated rings. The highest BCUT2D eigenvalue weighted by Gasteiger charge is 2.25. The van der Waals surface area contributed by atoms with Gasteiger partial charge in [0.1, 0.15) is 6.33 Å². The second kappa shape index (κ2) is 6.56. The Hall–Kier alpha value is -2.76. The number of hydrogen-bond donors (Lipinski definition) is 1. The van der Waals surface area contributed by atoms with Crippen LogP contribution in [0.5, 0.6) is 0 Å². The van der Waals surface area contributed by atoms with Crippen molar-refractivity contribution < 1.29 is 14.3 Å². The number of hydrogen-bond acceptors (Lipinski definition) is 5. The number of rotatable bonds is 5. The number of ether oxygens (including phenoxy) is 1. The normalized spacial score (nSPS) is 13.4. The number of nitrogens with one attached hydrogen (secondary N) is 1. The largest absolute Gasteiger partial charge is 0.465 e. The number of aromatic nitrogens is 2. The average Bonchev–Trinajstić information content (AvgIpc) is 3.44. The minimum absolute atomic E-state index is 0.215. The van der Waals surface area contributed by atoms with E-state index in [0.717, 1.165) is 11.4 Å². The number of methoxy groups -OCH3 is 1. The summed E-state index contributed by atoms with van der Waals surface area (Å²) in [5.41, 5.74) is 2.73. The second-order valence-corrected chi connectivity index (χ2v) is 5.46. The van der Waals surface area contributed by atoms with Crippen LogP contribution in [0.25, 0.3) is 0 Å². The molecule has 0 spiro atoms. The van der Waals surface area contributed by atoms with Gasteiger partial charge in [0.25, 0.3) is 5.91 Å². The van der Waals surface area contributed by atoms with Crippen LogP contribution in [0.1, 0.15) is 50.9 Å². The van der Waals surface area contributed by atoms with Crippen LogP contribution in [0.3, 0.4) is 0 Å². The van der Waals surface area contributed by atoms with E-state index in [-0.39, 0.29) is 5.91 Å². The molecule has 0 unspecified atom stereocenters. The van der Waals surface area contributed by atoms with Crippen LogP contribution in [0.4, 0.5) is 0 Å². The molecule has 1 aliphatic rings. The van der Waals surface area contributed by atoms with E-state index < -0.39 is 5.97 Å². The standard InChI is InChI=1S/C17H17N3O3/c1-23-17(22)13-6-4-12(5-7-13)16(21)18-9-14-8-15(11-2-3-11)20-10-19-14/h4-8,10-11H,2-3,9H2,1H3,(H,18,21). The zero-order chi connectivity index (χ0) is 16.2. The SMILES string of the molecule is COC(=O)c1ccc(C(=O)NCc2cc(C3CC3)ncn2)cc1. The molecule has 2 aromatic rings. The van der Waals surface area contributed by atoms with E-state index in [1.165, 1.54) is 20.0 Å². The zero-order valence-electron chi connectivity index (χ0n) is 12.8. The Kier molecular flexibility index (Phi) is 4.32. The molecule has 1 aliphatic carbocycles. The Morgan fingerprint density at radius 1 is 1.17 bits per heavy atom. The number of nitrogens with zero attached hydrogens (tertiary/aromatic N) is 2. The lowest BCUT2D eigenvalue weighted by Crippen LogP contribution is -2.23. The molecule has 0 atom stereocenters. The van der Waals surface area contributed by atoms with Crippen LogP contribution < -0.4 is 5.32 Å². The molecule has 0 saturated heterocycles. The molecule has 0 radical (unpaired) electrons. The van der Waals surface area contributed by atoms with Gasteiger partial charge in [-0.3, -0.25) is 4.79 Å². The minimum Gasteiger partial charge on any atom is -0.465 e. The summed E-state index contributed by atoms with van der Waals surface area (Å²) < 4.78 is 4.62. The highest BCUT2D eigenvalue weighted by molar-refractivity contribution is 5.96. The summed E-state index contributed by atoms with van der Waals surface area (Å²) in [6.45, 7) is 0.347. The quantitative estimate of drug-likeness (QED) is 0.855. The molecular formula is C17H17N3O3. The minimum atomic E-state index is -0.425. The van der Waals surface area contributed by atoms with Crippen molar-refractivity contribution in [1.29, 1.82) is 0 Å². The van der Waals surface area contributed by atoms with Gasteiger partial charge >= 0.3 is 5.97 Å². The lowest BCUT2D eigenvalue weighted by atomic mass is 10.1. The van der Waals surface area contributed by atoms with Gasteiger partial charge in [-0.05, 0) is 43.2 Å². The molecule has 23 heavy (non-hydrogen) atoms. The number of carbonyl (C=O) groups excluding carboxylic acids is 2. The summed E-state index contributed by atoms with van der Waals surface area (Å²) in [5, 5.41) is 2.82.